The van der Waals surface area contributed by atoms with E-state index >= 15 is 0 Å². The van der Waals surface area contributed by atoms with Crippen molar-refractivity contribution in [3.63, 3.8) is 0 Å². The fourth-order valence-corrected chi connectivity index (χ4v) is 3.53. The van der Waals surface area contributed by atoms with Gasteiger partial charge in [0.05, 0.1) is 20.0 Å². The Balaban J connectivity index is 0.00000133. The van der Waals surface area contributed by atoms with E-state index in [1.807, 2.05) is 23.9 Å². The number of halogens is 2. The van der Waals surface area contributed by atoms with E-state index in [-0.39, 0.29) is 17.0 Å². The van der Waals surface area contributed by atoms with Crippen molar-refractivity contribution in [2.24, 2.45) is 7.05 Å². The van der Waals surface area contributed by atoms with E-state index in [2.05, 4.69) is 34.5 Å². The molecule has 0 atom stereocenters. The second kappa shape index (κ2) is 6.33. The molecular weight excluding hydrogens is 344 g/mol. The molecule has 0 saturated carbocycles. The van der Waals surface area contributed by atoms with Gasteiger partial charge in [0.2, 0.25) is 5.03 Å². The van der Waals surface area contributed by atoms with E-state index in [4.69, 9.17) is 11.6 Å². The first-order valence-corrected chi connectivity index (χ1v) is 7.55. The van der Waals surface area contributed by atoms with Crippen molar-refractivity contribution < 1.29 is 21.5 Å². The Morgan fingerprint density at radius 1 is 1.32 bits per heavy atom. The van der Waals surface area contributed by atoms with Crippen LogP contribution in [0.5, 0.6) is 0 Å². The molecule has 2 heterocycles. The van der Waals surface area contributed by atoms with Crippen LogP contribution in [-0.2, 0) is 25.8 Å². The number of hydrogen-bond donors (Lipinski definition) is 0. The SMILES string of the molecule is Cn1c(SCc2ccc(Cl)cc2)c[n+]2c1CCC2.[Br-]. The molecule has 19 heavy (non-hydrogen) atoms. The minimum Gasteiger partial charge on any atom is -1.00 e. The first kappa shape index (κ1) is 14.9. The lowest BCUT2D eigenvalue weighted by atomic mass is 10.2. The molecule has 1 aromatic carbocycles. The van der Waals surface area contributed by atoms with Crippen LogP contribution in [0.1, 0.15) is 17.8 Å². The van der Waals surface area contributed by atoms with E-state index in [0.717, 1.165) is 10.8 Å². The highest BCUT2D eigenvalue weighted by Gasteiger charge is 2.25. The molecule has 0 fully saturated rings. The second-order valence-electron chi connectivity index (χ2n) is 4.65. The number of imidazole rings is 1. The normalized spacial score (nSPS) is 13.2. The van der Waals surface area contributed by atoms with Gasteiger partial charge in [0.25, 0.3) is 5.82 Å². The molecule has 5 heteroatoms. The zero-order valence-electron chi connectivity index (χ0n) is 10.8. The third-order valence-corrected chi connectivity index (χ3v) is 4.82. The van der Waals surface area contributed by atoms with Gasteiger partial charge < -0.3 is 17.0 Å². The van der Waals surface area contributed by atoms with Gasteiger partial charge in [-0.05, 0) is 24.1 Å². The van der Waals surface area contributed by atoms with Crippen molar-refractivity contribution >= 4 is 23.4 Å². The number of fused-ring (bicyclic) bond motifs is 1. The lowest BCUT2D eigenvalue weighted by Gasteiger charge is -2.00. The van der Waals surface area contributed by atoms with Gasteiger partial charge in [-0.3, -0.25) is 0 Å². The smallest absolute Gasteiger partial charge is 0.257 e. The summed E-state index contributed by atoms with van der Waals surface area (Å²) in [5.41, 5.74) is 1.32. The monoisotopic (exact) mass is 358 g/mol. The molecule has 102 valence electrons. The van der Waals surface area contributed by atoms with Crippen LogP contribution in [0.25, 0.3) is 0 Å². The summed E-state index contributed by atoms with van der Waals surface area (Å²) in [5, 5.41) is 2.15. The molecule has 0 unspecified atom stereocenters. The number of hydrogen-bond acceptors (Lipinski definition) is 1. The molecule has 0 amide bonds. The summed E-state index contributed by atoms with van der Waals surface area (Å²) in [7, 11) is 2.17. The number of benzene rings is 1. The van der Waals surface area contributed by atoms with Crippen LogP contribution in [0, 0.1) is 0 Å². The molecule has 0 N–H and O–H groups in total. The van der Waals surface area contributed by atoms with Gasteiger partial charge in [0.15, 0.2) is 0 Å². The molecule has 0 bridgehead atoms. The van der Waals surface area contributed by atoms with E-state index in [1.54, 1.807) is 0 Å². The van der Waals surface area contributed by atoms with Crippen molar-refractivity contribution in [3.05, 3.63) is 46.9 Å². The summed E-state index contributed by atoms with van der Waals surface area (Å²) in [6.45, 7) is 1.17. The van der Waals surface area contributed by atoms with E-state index in [0.29, 0.717) is 0 Å². The predicted molar refractivity (Wildman–Crippen MR) is 74.9 cm³/mol. The maximum absolute atomic E-state index is 5.89. The Morgan fingerprint density at radius 3 is 2.74 bits per heavy atom. The number of aromatic nitrogens is 2. The maximum atomic E-state index is 5.89. The average Bonchev–Trinajstić information content (AvgIpc) is 2.93. The zero-order valence-corrected chi connectivity index (χ0v) is 13.9. The van der Waals surface area contributed by atoms with Crippen LogP contribution in [0.3, 0.4) is 0 Å². The molecule has 2 aromatic rings. The largest absolute Gasteiger partial charge is 1.00 e. The van der Waals surface area contributed by atoms with Crippen LogP contribution >= 0.6 is 23.4 Å². The molecule has 1 aromatic heterocycles. The quantitative estimate of drug-likeness (QED) is 0.562. The summed E-state index contributed by atoms with van der Waals surface area (Å²) in [4.78, 5) is 0. The van der Waals surface area contributed by atoms with Gasteiger partial charge in [-0.25, -0.2) is 9.13 Å². The van der Waals surface area contributed by atoms with Gasteiger partial charge in [0, 0.05) is 10.8 Å². The standard InChI is InChI=1S/C14H16ClN2S.BrH/c1-16-13-3-2-8-17(13)9-14(16)18-10-11-4-6-12(15)7-5-11;/h4-7,9H,2-3,8,10H2,1H3;1H/q+1;/p-1. The third-order valence-electron chi connectivity index (χ3n) is 3.41. The Morgan fingerprint density at radius 2 is 2.05 bits per heavy atom. The molecule has 0 spiro atoms. The number of thioether (sulfide) groups is 1. The molecule has 0 radical (unpaired) electrons. The number of rotatable bonds is 3. The molecule has 0 saturated heterocycles. The van der Waals surface area contributed by atoms with Gasteiger partial charge in [0.1, 0.15) is 6.20 Å². The highest BCUT2D eigenvalue weighted by atomic mass is 79.9. The van der Waals surface area contributed by atoms with Crippen LogP contribution in [0.15, 0.2) is 35.5 Å². The Kier molecular flexibility index (Phi) is 4.98. The van der Waals surface area contributed by atoms with Crippen LogP contribution in [0.4, 0.5) is 0 Å². The van der Waals surface area contributed by atoms with Crippen molar-refractivity contribution in [1.29, 1.82) is 0 Å². The lowest BCUT2D eigenvalue weighted by Crippen LogP contribution is -3.00. The molecule has 1 aliphatic rings. The summed E-state index contributed by atoms with van der Waals surface area (Å²) in [6.07, 6.45) is 4.77. The van der Waals surface area contributed by atoms with E-state index in [1.165, 1.54) is 35.8 Å². The minimum atomic E-state index is 0. The maximum Gasteiger partial charge on any atom is 0.257 e. The Hall–Kier alpha value is -0.450. The van der Waals surface area contributed by atoms with Gasteiger partial charge >= 0.3 is 0 Å². The van der Waals surface area contributed by atoms with Crippen LogP contribution < -0.4 is 21.5 Å². The highest BCUT2D eigenvalue weighted by molar-refractivity contribution is 7.98. The summed E-state index contributed by atoms with van der Waals surface area (Å²) >= 11 is 7.78. The van der Waals surface area contributed by atoms with Crippen LogP contribution in [-0.4, -0.2) is 4.57 Å². The third kappa shape index (κ3) is 3.18. The zero-order chi connectivity index (χ0) is 12.5. The molecular formula is C14H16BrClN2S. The first-order chi connectivity index (χ1) is 8.74. The summed E-state index contributed by atoms with van der Waals surface area (Å²) < 4.78 is 4.71. The highest BCUT2D eigenvalue weighted by Crippen LogP contribution is 2.24. The molecule has 0 aliphatic carbocycles. The van der Waals surface area contributed by atoms with Crippen molar-refractivity contribution in [1.82, 2.24) is 4.57 Å². The van der Waals surface area contributed by atoms with Gasteiger partial charge in [-0.1, -0.05) is 35.5 Å². The number of nitrogens with zero attached hydrogens (tertiary/aromatic N) is 2. The predicted octanol–water partition coefficient (Wildman–Crippen LogP) is 0.208. The van der Waals surface area contributed by atoms with E-state index < -0.39 is 0 Å². The molecule has 1 aliphatic heterocycles. The fraction of sp³-hybridized carbons (Fsp3) is 0.357. The van der Waals surface area contributed by atoms with Crippen molar-refractivity contribution in [3.8, 4) is 0 Å². The summed E-state index contributed by atoms with van der Waals surface area (Å²) in [5.74, 6) is 2.45. The number of aryl methyl sites for hydroxylation is 1. The topological polar surface area (TPSA) is 8.81 Å². The lowest BCUT2D eigenvalue weighted by molar-refractivity contribution is -0.691. The fourth-order valence-electron chi connectivity index (χ4n) is 2.40. The van der Waals surface area contributed by atoms with E-state index in [9.17, 15) is 0 Å². The van der Waals surface area contributed by atoms with Gasteiger partial charge in [-0.15, -0.1) is 0 Å². The van der Waals surface area contributed by atoms with Crippen molar-refractivity contribution in [2.75, 3.05) is 0 Å². The summed E-state index contributed by atoms with van der Waals surface area (Å²) in [6, 6.07) is 8.10. The Bertz CT molecular complexity index is 566. The first-order valence-electron chi connectivity index (χ1n) is 6.19. The molecule has 2 nitrogen and oxygen atoms in total. The molecule has 3 rings (SSSR count). The van der Waals surface area contributed by atoms with Crippen LogP contribution in [0.2, 0.25) is 5.02 Å². The van der Waals surface area contributed by atoms with Crippen molar-refractivity contribution in [2.45, 2.75) is 30.2 Å². The minimum absolute atomic E-state index is 0. The Labute approximate surface area is 133 Å². The van der Waals surface area contributed by atoms with Gasteiger partial charge in [-0.2, -0.15) is 0 Å². The average molecular weight is 360 g/mol. The second-order valence-corrected chi connectivity index (χ2v) is 6.09.